The molecule has 1 heterocycles. The number of imidazole rings is 1. The fourth-order valence-corrected chi connectivity index (χ4v) is 3.18. The van der Waals surface area contributed by atoms with E-state index in [1.165, 1.54) is 0 Å². The van der Waals surface area contributed by atoms with Crippen molar-refractivity contribution in [1.29, 1.82) is 0 Å². The lowest BCUT2D eigenvalue weighted by molar-refractivity contribution is 0.840. The highest BCUT2D eigenvalue weighted by molar-refractivity contribution is 9.13. The number of rotatable bonds is 2. The van der Waals surface area contributed by atoms with E-state index < -0.39 is 0 Å². The van der Waals surface area contributed by atoms with Crippen LogP contribution in [0.25, 0.3) is 0 Å². The van der Waals surface area contributed by atoms with Gasteiger partial charge in [0.25, 0.3) is 0 Å². The van der Waals surface area contributed by atoms with Gasteiger partial charge in [0.2, 0.25) is 0 Å². The molecule has 0 bridgehead atoms. The van der Waals surface area contributed by atoms with Crippen molar-refractivity contribution in [1.82, 2.24) is 9.55 Å². The van der Waals surface area contributed by atoms with Gasteiger partial charge in [0, 0.05) is 0 Å². The Morgan fingerprint density at radius 2 is 2.09 bits per heavy atom. The van der Waals surface area contributed by atoms with Gasteiger partial charge < -0.3 is 4.57 Å². The zero-order valence-electron chi connectivity index (χ0n) is 5.64. The molecule has 0 aliphatic heterocycles. The van der Waals surface area contributed by atoms with Gasteiger partial charge in [0.1, 0.15) is 9.21 Å². The quantitative estimate of drug-likeness (QED) is 0.799. The summed E-state index contributed by atoms with van der Waals surface area (Å²) in [5, 5.41) is 0. The van der Waals surface area contributed by atoms with Crippen molar-refractivity contribution in [2.45, 2.75) is 5.88 Å². The molecule has 1 aromatic rings. The molecule has 0 fully saturated rings. The topological polar surface area (TPSA) is 17.8 Å². The molecule has 0 radical (unpaired) electrons. The average Bonchev–Trinajstić information content (AvgIpc) is 2.17. The Hall–Kier alpha value is 1.000. The van der Waals surface area contributed by atoms with Crippen molar-refractivity contribution in [3.8, 4) is 0 Å². The zero-order chi connectivity index (χ0) is 8.43. The number of aromatic nitrogens is 2. The van der Waals surface area contributed by atoms with E-state index in [0.29, 0.717) is 0 Å². The van der Waals surface area contributed by atoms with E-state index in [-0.39, 0.29) is 0 Å². The van der Waals surface area contributed by atoms with E-state index in [0.717, 1.165) is 19.8 Å². The van der Waals surface area contributed by atoms with Gasteiger partial charge >= 0.3 is 0 Å². The van der Waals surface area contributed by atoms with E-state index >= 15 is 0 Å². The highest BCUT2D eigenvalue weighted by Gasteiger charge is 2.09. The van der Waals surface area contributed by atoms with Gasteiger partial charge in [-0.25, -0.2) is 4.98 Å². The average molecular weight is 365 g/mol. The van der Waals surface area contributed by atoms with Crippen LogP contribution in [0.2, 0.25) is 0 Å². The van der Waals surface area contributed by atoms with E-state index in [1.807, 2.05) is 10.8 Å². The Balaban J connectivity index is 3.02. The lowest BCUT2D eigenvalue weighted by Crippen LogP contribution is -1.93. The molecule has 0 aliphatic carbocycles. The van der Waals surface area contributed by atoms with Crippen LogP contribution >= 0.6 is 59.6 Å². The van der Waals surface area contributed by atoms with Crippen LogP contribution in [0.15, 0.2) is 13.9 Å². The summed E-state index contributed by atoms with van der Waals surface area (Å²) in [5.74, 6) is 0.889. The minimum atomic E-state index is 0.832. The highest BCUT2D eigenvalue weighted by Crippen LogP contribution is 2.27. The highest BCUT2D eigenvalue weighted by atomic mass is 79.9. The summed E-state index contributed by atoms with van der Waals surface area (Å²) in [7, 11) is 0. The van der Waals surface area contributed by atoms with Gasteiger partial charge in [-0.3, -0.25) is 0 Å². The van der Waals surface area contributed by atoms with Crippen molar-refractivity contribution in [2.24, 2.45) is 0 Å². The third kappa shape index (κ3) is 2.23. The first-order chi connectivity index (χ1) is 5.16. The molecule has 0 aromatic carbocycles. The van der Waals surface area contributed by atoms with Crippen LogP contribution in [0.5, 0.6) is 0 Å². The Labute approximate surface area is 94.5 Å². The van der Waals surface area contributed by atoms with Gasteiger partial charge in [-0.05, 0) is 54.0 Å². The first kappa shape index (κ1) is 10.1. The minimum Gasteiger partial charge on any atom is -0.302 e. The van der Waals surface area contributed by atoms with Crippen molar-refractivity contribution < 1.29 is 0 Å². The van der Waals surface area contributed by atoms with Crippen molar-refractivity contribution in [3.63, 3.8) is 0 Å². The van der Waals surface area contributed by atoms with Crippen LogP contribution in [-0.2, 0) is 5.88 Å². The lowest BCUT2D eigenvalue weighted by Gasteiger charge is -2.01. The van der Waals surface area contributed by atoms with Crippen molar-refractivity contribution >= 4 is 59.6 Å². The largest absolute Gasteiger partial charge is 0.302 e. The third-order valence-electron chi connectivity index (χ3n) is 1.08. The molecule has 0 amide bonds. The van der Waals surface area contributed by atoms with Gasteiger partial charge in [-0.15, -0.1) is 11.8 Å². The normalized spacial score (nSPS) is 10.5. The molecule has 0 saturated carbocycles. The predicted octanol–water partition coefficient (Wildman–Crippen LogP) is 3.49. The number of hydrogen-bond donors (Lipinski definition) is 0. The molecule has 0 spiro atoms. The summed E-state index contributed by atoms with van der Waals surface area (Å²) in [5.41, 5.74) is 0. The summed E-state index contributed by atoms with van der Waals surface area (Å²) in [4.78, 5) is 4.17. The summed E-state index contributed by atoms with van der Waals surface area (Å²) >= 11 is 11.8. The zero-order valence-corrected chi connectivity index (χ0v) is 11.2. The van der Waals surface area contributed by atoms with Crippen LogP contribution in [0, 0.1) is 0 Å². The smallest absolute Gasteiger partial charge is 0.179 e. The molecule has 11 heavy (non-hydrogen) atoms. The van der Waals surface area contributed by atoms with Crippen LogP contribution < -0.4 is 0 Å². The molecule has 1 rings (SSSR count). The molecule has 62 valence electrons. The van der Waals surface area contributed by atoms with Crippen LogP contribution in [0.4, 0.5) is 0 Å². The first-order valence-corrected chi connectivity index (χ1v) is 6.50. The van der Waals surface area contributed by atoms with Crippen molar-refractivity contribution in [2.75, 3.05) is 6.26 Å². The molecular weight excluding hydrogens is 360 g/mol. The number of halogens is 3. The maximum atomic E-state index is 4.17. The van der Waals surface area contributed by atoms with Crippen LogP contribution in [0.1, 0.15) is 0 Å². The molecule has 0 aliphatic rings. The summed E-state index contributed by atoms with van der Waals surface area (Å²) in [6.07, 6.45) is 2.05. The van der Waals surface area contributed by atoms with Gasteiger partial charge in [0.05, 0.1) is 5.88 Å². The monoisotopic (exact) mass is 362 g/mol. The molecule has 0 saturated heterocycles. The molecule has 6 heteroatoms. The Morgan fingerprint density at radius 3 is 2.45 bits per heavy atom. The van der Waals surface area contributed by atoms with E-state index in [4.69, 9.17) is 0 Å². The van der Waals surface area contributed by atoms with Gasteiger partial charge in [-0.2, -0.15) is 0 Å². The summed E-state index contributed by atoms with van der Waals surface area (Å²) in [6, 6.07) is 0. The van der Waals surface area contributed by atoms with E-state index in [9.17, 15) is 0 Å². The van der Waals surface area contributed by atoms with Crippen LogP contribution in [0.3, 0.4) is 0 Å². The maximum absolute atomic E-state index is 4.17. The minimum absolute atomic E-state index is 0.832. The van der Waals surface area contributed by atoms with Crippen LogP contribution in [-0.4, -0.2) is 15.8 Å². The Bertz CT molecular complexity index is 260. The fourth-order valence-electron chi connectivity index (χ4n) is 0.619. The van der Waals surface area contributed by atoms with Crippen molar-refractivity contribution in [3.05, 3.63) is 13.9 Å². The molecule has 0 N–H and O–H groups in total. The van der Waals surface area contributed by atoms with Gasteiger partial charge in [0.15, 0.2) is 4.73 Å². The van der Waals surface area contributed by atoms with Gasteiger partial charge in [-0.1, -0.05) is 0 Å². The molecular formula is C5H5Br3N2S. The predicted molar refractivity (Wildman–Crippen MR) is 58.8 cm³/mol. The molecule has 1 aromatic heterocycles. The number of hydrogen-bond acceptors (Lipinski definition) is 2. The maximum Gasteiger partial charge on any atom is 0.179 e. The SMILES string of the molecule is CSCn1c(Br)nc(Br)c1Br. The van der Waals surface area contributed by atoms with E-state index in [1.54, 1.807) is 11.8 Å². The Morgan fingerprint density at radius 1 is 1.45 bits per heavy atom. The molecule has 2 nitrogen and oxygen atoms in total. The Kier molecular flexibility index (Phi) is 3.94. The fraction of sp³-hybridized carbons (Fsp3) is 0.400. The first-order valence-electron chi connectivity index (χ1n) is 2.72. The molecule has 0 unspecified atom stereocenters. The summed E-state index contributed by atoms with van der Waals surface area (Å²) in [6.45, 7) is 0. The second-order valence-corrected chi connectivity index (χ2v) is 4.86. The summed E-state index contributed by atoms with van der Waals surface area (Å²) < 4.78 is 4.66. The lowest BCUT2D eigenvalue weighted by atomic mass is 10.9. The molecule has 0 atom stereocenters. The second-order valence-electron chi connectivity index (χ2n) is 1.81. The second kappa shape index (κ2) is 4.30. The number of thioether (sulfide) groups is 1. The third-order valence-corrected chi connectivity index (χ3v) is 4.09. The van der Waals surface area contributed by atoms with E-state index in [2.05, 4.69) is 52.8 Å². The standard InChI is InChI=1S/C5H5Br3N2S/c1-11-2-10-4(7)3(6)9-5(10)8/h2H2,1H3. The number of nitrogens with zero attached hydrogens (tertiary/aromatic N) is 2.